The number of para-hydroxylation sites is 1. The van der Waals surface area contributed by atoms with Gasteiger partial charge in [0.1, 0.15) is 0 Å². The predicted octanol–water partition coefficient (Wildman–Crippen LogP) is 4.54. The summed E-state index contributed by atoms with van der Waals surface area (Å²) in [5, 5.41) is 1.29. The average molecular weight is 287 g/mol. The van der Waals surface area contributed by atoms with Crippen LogP contribution in [0.5, 0.6) is 0 Å². The van der Waals surface area contributed by atoms with Crippen LogP contribution in [0.2, 0.25) is 0 Å². The molecule has 0 radical (unpaired) electrons. The second-order valence-electron chi connectivity index (χ2n) is 3.65. The zero-order valence-corrected chi connectivity index (χ0v) is 10.9. The molecule has 3 heteroatoms. The number of hydrogen-bond acceptors (Lipinski definition) is 0. The monoisotopic (exact) mass is 285 g/mol. The summed E-state index contributed by atoms with van der Waals surface area (Å²) in [6.45, 7) is 2.11. The molecule has 0 saturated carbocycles. The summed E-state index contributed by atoms with van der Waals surface area (Å²) >= 11 is 9.47. The van der Waals surface area contributed by atoms with Gasteiger partial charge in [0.25, 0.3) is 0 Å². The number of aryl methyl sites for hydroxylation is 1. The molecule has 0 aliphatic heterocycles. The Hall–Kier alpha value is -0.470. The maximum Gasteiger partial charge on any atom is 0.0459 e. The summed E-state index contributed by atoms with van der Waals surface area (Å²) in [6.07, 6.45) is 0.949. The first-order valence-corrected chi connectivity index (χ1v) is 6.46. The van der Waals surface area contributed by atoms with Crippen LogP contribution in [0.1, 0.15) is 22.5 Å². The van der Waals surface area contributed by atoms with E-state index in [2.05, 4.69) is 46.0 Å². The van der Waals surface area contributed by atoms with Crippen LogP contribution >= 0.6 is 27.5 Å². The van der Waals surface area contributed by atoms with Crippen LogP contribution in [-0.4, -0.2) is 10.9 Å². The van der Waals surface area contributed by atoms with Gasteiger partial charge in [-0.3, -0.25) is 0 Å². The first-order valence-electron chi connectivity index (χ1n) is 5.01. The first kappa shape index (κ1) is 11.0. The molecule has 0 aliphatic carbocycles. The Morgan fingerprint density at radius 2 is 2.13 bits per heavy atom. The van der Waals surface area contributed by atoms with Crippen molar-refractivity contribution in [1.82, 2.24) is 4.98 Å². The fourth-order valence-electron chi connectivity index (χ4n) is 1.94. The molecule has 1 unspecified atom stereocenters. The van der Waals surface area contributed by atoms with Gasteiger partial charge in [-0.25, -0.2) is 0 Å². The lowest BCUT2D eigenvalue weighted by Gasteiger charge is -2.08. The number of nitrogens with one attached hydrogen (secondary N) is 1. The molecule has 1 aromatic carbocycles. The molecule has 1 N–H and O–H groups in total. The summed E-state index contributed by atoms with van der Waals surface area (Å²) in [5.41, 5.74) is 3.76. The van der Waals surface area contributed by atoms with E-state index in [0.717, 1.165) is 6.42 Å². The minimum atomic E-state index is 0.339. The predicted molar refractivity (Wildman–Crippen MR) is 70.0 cm³/mol. The molecule has 0 amide bonds. The number of aromatic amines is 1. The summed E-state index contributed by atoms with van der Waals surface area (Å²) in [6, 6.07) is 8.37. The van der Waals surface area contributed by atoms with Crippen molar-refractivity contribution in [2.45, 2.75) is 18.2 Å². The highest BCUT2D eigenvalue weighted by Crippen LogP contribution is 2.35. The van der Waals surface area contributed by atoms with Gasteiger partial charge >= 0.3 is 0 Å². The number of rotatable bonds is 3. The zero-order valence-electron chi connectivity index (χ0n) is 8.56. The summed E-state index contributed by atoms with van der Waals surface area (Å²) in [7, 11) is 0. The van der Waals surface area contributed by atoms with Crippen LogP contribution < -0.4 is 0 Å². The molecule has 2 aromatic rings. The fraction of sp³-hybridized carbons (Fsp3) is 0.333. The molecule has 1 aromatic heterocycles. The highest BCUT2D eigenvalue weighted by atomic mass is 79.9. The standard InChI is InChI=1S/C12H13BrClN/c1-8-12(10(13)6-7-14)9-4-2-3-5-11(9)15-8/h2-5,10,15H,6-7H2,1H3. The fourth-order valence-corrected chi connectivity index (χ4v) is 3.24. The van der Waals surface area contributed by atoms with Gasteiger partial charge < -0.3 is 4.98 Å². The quantitative estimate of drug-likeness (QED) is 0.797. The van der Waals surface area contributed by atoms with Crippen molar-refractivity contribution in [2.24, 2.45) is 0 Å². The van der Waals surface area contributed by atoms with Crippen LogP contribution in [0.15, 0.2) is 24.3 Å². The van der Waals surface area contributed by atoms with Crippen LogP contribution in [0.4, 0.5) is 0 Å². The van der Waals surface area contributed by atoms with Crippen molar-refractivity contribution < 1.29 is 0 Å². The highest BCUT2D eigenvalue weighted by molar-refractivity contribution is 9.09. The molecule has 0 bridgehead atoms. The van der Waals surface area contributed by atoms with Gasteiger partial charge in [0, 0.05) is 27.3 Å². The molecule has 0 aliphatic rings. The molecular formula is C12H13BrClN. The Morgan fingerprint density at radius 1 is 1.40 bits per heavy atom. The first-order chi connectivity index (χ1) is 7.24. The number of H-pyrrole nitrogens is 1. The lowest BCUT2D eigenvalue weighted by Crippen LogP contribution is -1.92. The van der Waals surface area contributed by atoms with Crippen molar-refractivity contribution in [3.05, 3.63) is 35.5 Å². The van der Waals surface area contributed by atoms with E-state index in [1.165, 1.54) is 22.2 Å². The number of aromatic nitrogens is 1. The summed E-state index contributed by atoms with van der Waals surface area (Å²) < 4.78 is 0. The van der Waals surface area contributed by atoms with Crippen molar-refractivity contribution in [3.8, 4) is 0 Å². The largest absolute Gasteiger partial charge is 0.358 e. The lowest BCUT2D eigenvalue weighted by atomic mass is 10.1. The van der Waals surface area contributed by atoms with Crippen LogP contribution in [0.25, 0.3) is 10.9 Å². The molecule has 0 fully saturated rings. The number of hydrogen-bond donors (Lipinski definition) is 1. The van der Waals surface area contributed by atoms with Crippen LogP contribution in [0, 0.1) is 6.92 Å². The third kappa shape index (κ3) is 2.06. The van der Waals surface area contributed by atoms with Gasteiger partial charge in [-0.05, 0) is 25.0 Å². The second-order valence-corrected chi connectivity index (χ2v) is 5.14. The lowest BCUT2D eigenvalue weighted by molar-refractivity contribution is 0.914. The second kappa shape index (κ2) is 4.58. The van der Waals surface area contributed by atoms with Crippen LogP contribution in [0.3, 0.4) is 0 Å². The average Bonchev–Trinajstić information content (AvgIpc) is 2.54. The van der Waals surface area contributed by atoms with E-state index in [4.69, 9.17) is 11.6 Å². The van der Waals surface area contributed by atoms with E-state index in [0.29, 0.717) is 10.7 Å². The molecule has 2 rings (SSSR count). The van der Waals surface area contributed by atoms with E-state index in [9.17, 15) is 0 Å². The van der Waals surface area contributed by atoms with Gasteiger partial charge in [0.2, 0.25) is 0 Å². The molecule has 1 atom stereocenters. The van der Waals surface area contributed by atoms with Crippen LogP contribution in [-0.2, 0) is 0 Å². The Bertz CT molecular complexity index is 464. The number of fused-ring (bicyclic) bond motifs is 1. The summed E-state index contributed by atoms with van der Waals surface area (Å²) in [5.74, 6) is 0.675. The molecular weight excluding hydrogens is 273 g/mol. The number of benzene rings is 1. The van der Waals surface area contributed by atoms with E-state index >= 15 is 0 Å². The highest BCUT2D eigenvalue weighted by Gasteiger charge is 2.15. The SMILES string of the molecule is Cc1[nH]c2ccccc2c1C(Br)CCCl. The number of halogens is 2. The Labute approximate surface area is 103 Å². The minimum Gasteiger partial charge on any atom is -0.358 e. The summed E-state index contributed by atoms with van der Waals surface area (Å²) in [4.78, 5) is 3.73. The van der Waals surface area contributed by atoms with Gasteiger partial charge in [0.05, 0.1) is 0 Å². The Kier molecular flexibility index (Phi) is 3.37. The molecule has 0 spiro atoms. The minimum absolute atomic E-state index is 0.339. The number of alkyl halides is 2. The van der Waals surface area contributed by atoms with Gasteiger partial charge in [-0.1, -0.05) is 34.1 Å². The molecule has 80 valence electrons. The molecule has 1 heterocycles. The Balaban J connectivity index is 2.53. The molecule has 1 nitrogen and oxygen atoms in total. The van der Waals surface area contributed by atoms with Crippen molar-refractivity contribution in [1.29, 1.82) is 0 Å². The Morgan fingerprint density at radius 3 is 2.87 bits per heavy atom. The van der Waals surface area contributed by atoms with E-state index < -0.39 is 0 Å². The van der Waals surface area contributed by atoms with Crippen molar-refractivity contribution in [2.75, 3.05) is 5.88 Å². The maximum absolute atomic E-state index is 5.78. The maximum atomic E-state index is 5.78. The smallest absolute Gasteiger partial charge is 0.0459 e. The van der Waals surface area contributed by atoms with E-state index in [1.807, 2.05) is 6.07 Å². The van der Waals surface area contributed by atoms with Gasteiger partial charge in [-0.15, -0.1) is 11.6 Å². The van der Waals surface area contributed by atoms with Crippen molar-refractivity contribution in [3.63, 3.8) is 0 Å². The van der Waals surface area contributed by atoms with Gasteiger partial charge in [-0.2, -0.15) is 0 Å². The normalized spacial score (nSPS) is 13.3. The van der Waals surface area contributed by atoms with Crippen molar-refractivity contribution >= 4 is 38.4 Å². The molecule has 0 saturated heterocycles. The zero-order chi connectivity index (χ0) is 10.8. The molecule has 15 heavy (non-hydrogen) atoms. The van der Waals surface area contributed by atoms with Gasteiger partial charge in [0.15, 0.2) is 0 Å². The third-order valence-electron chi connectivity index (χ3n) is 2.62. The van der Waals surface area contributed by atoms with E-state index in [-0.39, 0.29) is 0 Å². The van der Waals surface area contributed by atoms with E-state index in [1.54, 1.807) is 0 Å². The third-order valence-corrected chi connectivity index (χ3v) is 3.75. The topological polar surface area (TPSA) is 15.8 Å².